The highest BCUT2D eigenvalue weighted by Crippen LogP contribution is 2.21. The van der Waals surface area contributed by atoms with Crippen LogP contribution >= 0.6 is 0 Å². The molecule has 9 heteroatoms. The first-order chi connectivity index (χ1) is 14.5. The monoisotopic (exact) mass is 410 g/mol. The van der Waals surface area contributed by atoms with Gasteiger partial charge >= 0.3 is 0 Å². The Kier molecular flexibility index (Phi) is 5.20. The Morgan fingerprint density at radius 2 is 1.87 bits per heavy atom. The first kappa shape index (κ1) is 19.6. The number of amides is 1. The number of nitrogens with zero attached hydrogens (tertiary/aromatic N) is 3. The van der Waals surface area contributed by atoms with Gasteiger partial charge in [0.05, 0.1) is 24.8 Å². The molecule has 1 amide bonds. The number of aromatic nitrogens is 3. The molecule has 0 aliphatic rings. The lowest BCUT2D eigenvalue weighted by Crippen LogP contribution is -2.24. The van der Waals surface area contributed by atoms with Crippen LogP contribution in [0.25, 0.3) is 16.6 Å². The van der Waals surface area contributed by atoms with Crippen LogP contribution in [-0.4, -0.2) is 40.9 Å². The molecule has 2 aromatic heterocycles. The second kappa shape index (κ2) is 7.96. The minimum Gasteiger partial charge on any atom is -0.494 e. The highest BCUT2D eigenvalue weighted by Gasteiger charge is 2.18. The van der Waals surface area contributed by atoms with Gasteiger partial charge in [0.2, 0.25) is 0 Å². The van der Waals surface area contributed by atoms with Crippen LogP contribution in [0.5, 0.6) is 5.75 Å². The van der Waals surface area contributed by atoms with Crippen LogP contribution in [-0.2, 0) is 11.3 Å². The summed E-state index contributed by atoms with van der Waals surface area (Å²) in [5, 5.41) is 6.91. The summed E-state index contributed by atoms with van der Waals surface area (Å²) in [4.78, 5) is 25.7. The molecule has 4 aromatic rings. The third kappa shape index (κ3) is 3.39. The first-order valence-corrected chi connectivity index (χ1v) is 9.18. The number of nitrogens with one attached hydrogen (secondary N) is 1. The molecule has 8 nitrogen and oxygen atoms in total. The molecule has 0 saturated carbocycles. The van der Waals surface area contributed by atoms with Gasteiger partial charge < -0.3 is 19.4 Å². The van der Waals surface area contributed by atoms with E-state index in [1.807, 2.05) is 24.3 Å². The summed E-state index contributed by atoms with van der Waals surface area (Å²) in [6.45, 7) is 0.731. The van der Waals surface area contributed by atoms with Crippen molar-refractivity contribution in [1.29, 1.82) is 0 Å². The number of benzene rings is 2. The molecule has 2 aromatic carbocycles. The van der Waals surface area contributed by atoms with Gasteiger partial charge in [0.15, 0.2) is 17.3 Å². The Hall–Kier alpha value is -3.72. The number of ether oxygens (including phenoxy) is 2. The van der Waals surface area contributed by atoms with Crippen LogP contribution in [0.2, 0.25) is 0 Å². The summed E-state index contributed by atoms with van der Waals surface area (Å²) in [7, 11) is 2.92. The van der Waals surface area contributed by atoms with E-state index in [0.717, 1.165) is 6.07 Å². The number of halogens is 1. The van der Waals surface area contributed by atoms with E-state index in [1.54, 1.807) is 11.7 Å². The van der Waals surface area contributed by atoms with Crippen LogP contribution in [0.1, 0.15) is 10.5 Å². The van der Waals surface area contributed by atoms with Crippen molar-refractivity contribution in [2.75, 3.05) is 26.1 Å². The van der Waals surface area contributed by atoms with Gasteiger partial charge in [-0.25, -0.2) is 8.91 Å². The minimum absolute atomic E-state index is 0.0398. The van der Waals surface area contributed by atoms with Crippen LogP contribution in [0.3, 0.4) is 0 Å². The van der Waals surface area contributed by atoms with Gasteiger partial charge in [-0.1, -0.05) is 12.1 Å². The number of fused-ring (bicyclic) bond motifs is 3. The summed E-state index contributed by atoms with van der Waals surface area (Å²) in [5.41, 5.74) is 1.62. The quantitative estimate of drug-likeness (QED) is 0.528. The maximum Gasteiger partial charge on any atom is 0.277 e. The molecular formula is C21H19FN4O4. The van der Waals surface area contributed by atoms with Gasteiger partial charge in [-0.05, 0) is 24.3 Å². The van der Waals surface area contributed by atoms with Gasteiger partial charge in [-0.2, -0.15) is 5.10 Å². The standard InChI is InChI=1S/C21H19FN4O4/c1-29-10-9-25-16-5-3-4-6-17(16)26-18(21(25)28)12-15(24-26)20(27)23-13-7-8-19(30-2)14(22)11-13/h3-8,11-12H,9-10H2,1-2H3,(H,23,27). The highest BCUT2D eigenvalue weighted by atomic mass is 19.1. The molecular weight excluding hydrogens is 391 g/mol. The number of hydrogen-bond donors (Lipinski definition) is 1. The maximum absolute atomic E-state index is 13.9. The Bertz CT molecular complexity index is 1310. The van der Waals surface area contributed by atoms with E-state index >= 15 is 0 Å². The van der Waals surface area contributed by atoms with Gasteiger partial charge in [0.25, 0.3) is 11.5 Å². The summed E-state index contributed by atoms with van der Waals surface area (Å²) in [6, 6.07) is 12.8. The predicted octanol–water partition coefficient (Wildman–Crippen LogP) is 2.70. The third-order valence-electron chi connectivity index (χ3n) is 4.74. The topological polar surface area (TPSA) is 86.9 Å². The lowest BCUT2D eigenvalue weighted by Gasteiger charge is -2.11. The Labute approximate surface area is 170 Å². The molecule has 0 fully saturated rings. The molecule has 0 saturated heterocycles. The fourth-order valence-corrected chi connectivity index (χ4v) is 3.29. The van der Waals surface area contributed by atoms with Crippen molar-refractivity contribution >= 4 is 28.1 Å². The summed E-state index contributed by atoms with van der Waals surface area (Å²) < 4.78 is 26.9. The zero-order chi connectivity index (χ0) is 21.3. The van der Waals surface area contributed by atoms with Crippen molar-refractivity contribution in [3.05, 3.63) is 70.4 Å². The predicted molar refractivity (Wildman–Crippen MR) is 110 cm³/mol. The van der Waals surface area contributed by atoms with Crippen molar-refractivity contribution in [1.82, 2.24) is 14.2 Å². The summed E-state index contributed by atoms with van der Waals surface area (Å²) >= 11 is 0. The third-order valence-corrected chi connectivity index (χ3v) is 4.74. The van der Waals surface area contributed by atoms with Crippen LogP contribution in [0.15, 0.2) is 53.3 Å². The Morgan fingerprint density at radius 1 is 1.10 bits per heavy atom. The van der Waals surface area contributed by atoms with Crippen molar-refractivity contribution < 1.29 is 18.7 Å². The molecule has 0 aliphatic carbocycles. The summed E-state index contributed by atoms with van der Waals surface area (Å²) in [6.07, 6.45) is 0. The number of para-hydroxylation sites is 2. The average molecular weight is 410 g/mol. The second-order valence-corrected chi connectivity index (χ2v) is 6.57. The number of carbonyl (C=O) groups is 1. The van der Waals surface area contributed by atoms with Crippen molar-refractivity contribution in [2.24, 2.45) is 0 Å². The molecule has 0 radical (unpaired) electrons. The zero-order valence-electron chi connectivity index (χ0n) is 16.4. The lowest BCUT2D eigenvalue weighted by atomic mass is 10.2. The summed E-state index contributed by atoms with van der Waals surface area (Å²) in [5.74, 6) is -1.09. The largest absolute Gasteiger partial charge is 0.494 e. The van der Waals surface area contributed by atoms with Crippen molar-refractivity contribution in [2.45, 2.75) is 6.54 Å². The number of hydrogen-bond acceptors (Lipinski definition) is 5. The SMILES string of the molecule is COCCn1c(=O)c2cc(C(=O)Nc3ccc(OC)c(F)c3)nn2c2ccccc21. The Morgan fingerprint density at radius 3 is 2.57 bits per heavy atom. The molecule has 0 unspecified atom stereocenters. The highest BCUT2D eigenvalue weighted by molar-refractivity contribution is 6.03. The molecule has 0 aliphatic heterocycles. The van der Waals surface area contributed by atoms with Gasteiger partial charge in [-0.3, -0.25) is 9.59 Å². The lowest BCUT2D eigenvalue weighted by molar-refractivity contribution is 0.102. The number of anilines is 1. The van der Waals surface area contributed by atoms with Gasteiger partial charge in [-0.15, -0.1) is 0 Å². The normalized spacial score (nSPS) is 11.2. The van der Waals surface area contributed by atoms with E-state index in [2.05, 4.69) is 10.4 Å². The molecule has 2 heterocycles. The molecule has 30 heavy (non-hydrogen) atoms. The van der Waals surface area contributed by atoms with Crippen LogP contribution in [0, 0.1) is 5.82 Å². The second-order valence-electron chi connectivity index (χ2n) is 6.57. The van der Waals surface area contributed by atoms with Crippen LogP contribution in [0.4, 0.5) is 10.1 Å². The van der Waals surface area contributed by atoms with E-state index in [9.17, 15) is 14.0 Å². The Balaban J connectivity index is 1.77. The van der Waals surface area contributed by atoms with Gasteiger partial charge in [0, 0.05) is 31.5 Å². The molecule has 0 atom stereocenters. The fraction of sp³-hybridized carbons (Fsp3) is 0.190. The molecule has 1 N–H and O–H groups in total. The number of rotatable bonds is 6. The van der Waals surface area contributed by atoms with E-state index in [1.165, 1.54) is 29.8 Å². The average Bonchev–Trinajstić information content (AvgIpc) is 3.20. The van der Waals surface area contributed by atoms with E-state index in [-0.39, 0.29) is 28.2 Å². The van der Waals surface area contributed by atoms with E-state index in [4.69, 9.17) is 9.47 Å². The van der Waals surface area contributed by atoms with Gasteiger partial charge in [0.1, 0.15) is 5.52 Å². The minimum atomic E-state index is -0.600. The van der Waals surface area contributed by atoms with Crippen molar-refractivity contribution in [3.63, 3.8) is 0 Å². The van der Waals surface area contributed by atoms with Crippen molar-refractivity contribution in [3.8, 4) is 5.75 Å². The number of carbonyl (C=O) groups excluding carboxylic acids is 1. The molecule has 0 spiro atoms. The van der Waals surface area contributed by atoms with E-state index < -0.39 is 11.7 Å². The molecule has 4 rings (SSSR count). The molecule has 154 valence electrons. The smallest absolute Gasteiger partial charge is 0.277 e. The fourth-order valence-electron chi connectivity index (χ4n) is 3.29. The van der Waals surface area contributed by atoms with Crippen LogP contribution < -0.4 is 15.6 Å². The molecule has 0 bridgehead atoms. The zero-order valence-corrected chi connectivity index (χ0v) is 16.4. The maximum atomic E-state index is 13.9. The number of methoxy groups -OCH3 is 2. The van der Waals surface area contributed by atoms with E-state index in [0.29, 0.717) is 24.2 Å². The first-order valence-electron chi connectivity index (χ1n) is 9.18.